The maximum atomic E-state index is 12.7. The number of esters is 1. The molecule has 2 heterocycles. The number of amides is 2. The van der Waals surface area contributed by atoms with E-state index >= 15 is 0 Å². The number of benzene rings is 2. The van der Waals surface area contributed by atoms with E-state index in [1.165, 1.54) is 0 Å². The molecule has 1 fully saturated rings. The Labute approximate surface area is 190 Å². The van der Waals surface area contributed by atoms with Crippen molar-refractivity contribution in [2.24, 2.45) is 0 Å². The number of ether oxygens (including phenoxy) is 1. The minimum absolute atomic E-state index is 0.169. The van der Waals surface area contributed by atoms with Crippen molar-refractivity contribution in [3.8, 4) is 11.3 Å². The van der Waals surface area contributed by atoms with Crippen LogP contribution in [0.1, 0.15) is 45.4 Å². The van der Waals surface area contributed by atoms with Gasteiger partial charge >= 0.3 is 5.97 Å². The van der Waals surface area contributed by atoms with Gasteiger partial charge in [-0.15, -0.1) is 0 Å². The lowest BCUT2D eigenvalue weighted by Gasteiger charge is -2.15. The van der Waals surface area contributed by atoms with Crippen LogP contribution in [-0.4, -0.2) is 40.8 Å². The van der Waals surface area contributed by atoms with Crippen LogP contribution >= 0.6 is 11.3 Å². The Morgan fingerprint density at radius 1 is 1.12 bits per heavy atom. The van der Waals surface area contributed by atoms with E-state index in [9.17, 15) is 14.4 Å². The summed E-state index contributed by atoms with van der Waals surface area (Å²) >= 11 is 1.09. The zero-order chi connectivity index (χ0) is 22.5. The van der Waals surface area contributed by atoms with Crippen LogP contribution in [0.2, 0.25) is 0 Å². The number of aromatic nitrogens is 1. The second-order valence-electron chi connectivity index (χ2n) is 7.35. The molecule has 1 aromatic heterocycles. The minimum atomic E-state index is -0.467. The van der Waals surface area contributed by atoms with E-state index in [0.29, 0.717) is 34.2 Å². The van der Waals surface area contributed by atoms with Crippen molar-refractivity contribution in [1.82, 2.24) is 9.88 Å². The molecule has 0 bridgehead atoms. The molecule has 0 radical (unpaired) electrons. The summed E-state index contributed by atoms with van der Waals surface area (Å²) < 4.78 is 5.16. The fraction of sp³-hybridized carbons (Fsp3) is 0.250. The Kier molecular flexibility index (Phi) is 6.61. The molecule has 0 saturated carbocycles. The number of likely N-dealkylation sites (tertiary alicyclic amines) is 1. The number of rotatable bonds is 7. The van der Waals surface area contributed by atoms with Crippen molar-refractivity contribution < 1.29 is 19.1 Å². The van der Waals surface area contributed by atoms with Crippen LogP contribution < -0.4 is 5.32 Å². The number of carbonyl (C=O) groups excluding carboxylic acids is 3. The maximum Gasteiger partial charge on any atom is 0.350 e. The molecule has 0 atom stereocenters. The molecule has 3 aromatic rings. The number of hydrogen-bond donors (Lipinski definition) is 1. The summed E-state index contributed by atoms with van der Waals surface area (Å²) in [7, 11) is 0. The molecule has 164 valence electrons. The number of carbonyl (C=O) groups is 3. The van der Waals surface area contributed by atoms with E-state index in [-0.39, 0.29) is 18.4 Å². The molecule has 2 aromatic carbocycles. The summed E-state index contributed by atoms with van der Waals surface area (Å²) in [4.78, 5) is 43.6. The Bertz CT molecular complexity index is 1130. The number of nitrogens with one attached hydrogen (secondary N) is 1. The first-order valence-corrected chi connectivity index (χ1v) is 11.3. The first-order chi connectivity index (χ1) is 15.5. The predicted octanol–water partition coefficient (Wildman–Crippen LogP) is 4.36. The Hall–Kier alpha value is -3.52. The second-order valence-corrected chi connectivity index (χ2v) is 8.35. The van der Waals surface area contributed by atoms with E-state index in [2.05, 4.69) is 10.3 Å². The van der Waals surface area contributed by atoms with E-state index in [1.807, 2.05) is 47.4 Å². The molecule has 7 nitrogen and oxygen atoms in total. The monoisotopic (exact) mass is 449 g/mol. The molecule has 8 heteroatoms. The van der Waals surface area contributed by atoms with Gasteiger partial charge < -0.3 is 9.64 Å². The lowest BCUT2D eigenvalue weighted by atomic mass is 10.1. The highest BCUT2D eigenvalue weighted by molar-refractivity contribution is 7.18. The van der Waals surface area contributed by atoms with Crippen molar-refractivity contribution in [2.75, 3.05) is 18.5 Å². The van der Waals surface area contributed by atoms with Gasteiger partial charge in [-0.05, 0) is 31.0 Å². The largest absolute Gasteiger partial charge is 0.462 e. The van der Waals surface area contributed by atoms with Gasteiger partial charge in [-0.2, -0.15) is 0 Å². The average molecular weight is 450 g/mol. The summed E-state index contributed by atoms with van der Waals surface area (Å²) in [5.41, 5.74) is 2.70. The van der Waals surface area contributed by atoms with Gasteiger partial charge in [0.15, 0.2) is 5.13 Å². The smallest absolute Gasteiger partial charge is 0.350 e. The average Bonchev–Trinajstić information content (AvgIpc) is 3.41. The highest BCUT2D eigenvalue weighted by Crippen LogP contribution is 2.32. The van der Waals surface area contributed by atoms with Crippen LogP contribution in [0.5, 0.6) is 0 Å². The van der Waals surface area contributed by atoms with Crippen molar-refractivity contribution in [2.45, 2.75) is 26.3 Å². The number of thiazole rings is 1. The SMILES string of the molecule is CCOC(=O)c1sc(NC(=O)c2ccc(CN3CCCC3=O)cc2)nc1-c1ccccc1. The molecular weight excluding hydrogens is 426 g/mol. The van der Waals surface area contributed by atoms with E-state index in [4.69, 9.17) is 4.74 Å². The molecule has 0 aliphatic carbocycles. The number of nitrogens with zero attached hydrogens (tertiary/aromatic N) is 2. The normalized spacial score (nSPS) is 13.3. The Balaban J connectivity index is 1.50. The quantitative estimate of drug-likeness (QED) is 0.542. The standard InChI is InChI=1S/C24H23N3O4S/c1-2-31-23(30)21-20(17-7-4-3-5-8-17)25-24(32-21)26-22(29)18-12-10-16(11-13-18)15-27-14-6-9-19(27)28/h3-5,7-8,10-13H,2,6,9,14-15H2,1H3,(H,25,26,29). The first kappa shape index (κ1) is 21.7. The summed E-state index contributed by atoms with van der Waals surface area (Å²) in [5, 5.41) is 3.10. The van der Waals surface area contributed by atoms with Crippen molar-refractivity contribution in [3.05, 3.63) is 70.6 Å². The predicted molar refractivity (Wildman–Crippen MR) is 123 cm³/mol. The topological polar surface area (TPSA) is 88.6 Å². The molecule has 0 unspecified atom stereocenters. The third-order valence-electron chi connectivity index (χ3n) is 5.12. The molecule has 4 rings (SSSR count). The van der Waals surface area contributed by atoms with Gasteiger partial charge in [-0.1, -0.05) is 53.8 Å². The van der Waals surface area contributed by atoms with Gasteiger partial charge in [0.1, 0.15) is 4.88 Å². The number of hydrogen-bond acceptors (Lipinski definition) is 6. The molecule has 2 amide bonds. The van der Waals surface area contributed by atoms with E-state index in [0.717, 1.165) is 35.4 Å². The summed E-state index contributed by atoms with van der Waals surface area (Å²) in [5.74, 6) is -0.620. The zero-order valence-corrected chi connectivity index (χ0v) is 18.5. The Morgan fingerprint density at radius 2 is 1.88 bits per heavy atom. The Morgan fingerprint density at radius 3 is 2.53 bits per heavy atom. The molecule has 1 aliphatic rings. The van der Waals surface area contributed by atoms with Gasteiger partial charge in [0.25, 0.3) is 5.91 Å². The van der Waals surface area contributed by atoms with Gasteiger partial charge in [0.05, 0.1) is 12.3 Å². The van der Waals surface area contributed by atoms with Crippen molar-refractivity contribution in [1.29, 1.82) is 0 Å². The highest BCUT2D eigenvalue weighted by Gasteiger charge is 2.22. The van der Waals surface area contributed by atoms with Crippen LogP contribution in [0.25, 0.3) is 11.3 Å². The third kappa shape index (κ3) is 4.86. The summed E-state index contributed by atoms with van der Waals surface area (Å²) in [6, 6.07) is 16.5. The van der Waals surface area contributed by atoms with E-state index < -0.39 is 5.97 Å². The van der Waals surface area contributed by atoms with Gasteiger partial charge in [0.2, 0.25) is 5.91 Å². The van der Waals surface area contributed by atoms with Gasteiger partial charge in [-0.25, -0.2) is 9.78 Å². The van der Waals surface area contributed by atoms with E-state index in [1.54, 1.807) is 19.1 Å². The van der Waals surface area contributed by atoms with Crippen molar-refractivity contribution >= 4 is 34.3 Å². The van der Waals surface area contributed by atoms with Crippen LogP contribution in [-0.2, 0) is 16.1 Å². The molecule has 1 N–H and O–H groups in total. The molecule has 1 aliphatic heterocycles. The highest BCUT2D eigenvalue weighted by atomic mass is 32.1. The first-order valence-electron chi connectivity index (χ1n) is 10.5. The lowest BCUT2D eigenvalue weighted by molar-refractivity contribution is -0.128. The van der Waals surface area contributed by atoms with Gasteiger partial charge in [-0.3, -0.25) is 14.9 Å². The van der Waals surface area contributed by atoms with Crippen LogP contribution in [0.4, 0.5) is 5.13 Å². The summed E-state index contributed by atoms with van der Waals surface area (Å²) in [6.07, 6.45) is 1.50. The molecule has 32 heavy (non-hydrogen) atoms. The minimum Gasteiger partial charge on any atom is -0.462 e. The third-order valence-corrected chi connectivity index (χ3v) is 6.07. The van der Waals surface area contributed by atoms with Crippen molar-refractivity contribution in [3.63, 3.8) is 0 Å². The fourth-order valence-corrected chi connectivity index (χ4v) is 4.40. The van der Waals surface area contributed by atoms with Crippen LogP contribution in [0.3, 0.4) is 0 Å². The zero-order valence-electron chi connectivity index (χ0n) is 17.7. The maximum absolute atomic E-state index is 12.7. The second kappa shape index (κ2) is 9.74. The number of anilines is 1. The molecule has 1 saturated heterocycles. The lowest BCUT2D eigenvalue weighted by Crippen LogP contribution is -2.23. The molecular formula is C24H23N3O4S. The fourth-order valence-electron chi connectivity index (χ4n) is 3.52. The van der Waals surface area contributed by atoms with Gasteiger partial charge in [0, 0.05) is 30.6 Å². The molecule has 0 spiro atoms. The van der Waals surface area contributed by atoms with Crippen LogP contribution in [0.15, 0.2) is 54.6 Å². The van der Waals surface area contributed by atoms with Crippen LogP contribution in [0, 0.1) is 0 Å². The summed E-state index contributed by atoms with van der Waals surface area (Å²) in [6.45, 7) is 3.32.